The maximum atomic E-state index is 13.9. The molecule has 0 aliphatic rings. The first kappa shape index (κ1) is 13.8. The van der Waals surface area contributed by atoms with Crippen LogP contribution in [0.4, 0.5) is 4.39 Å². The molecule has 0 fully saturated rings. The minimum absolute atomic E-state index is 0.251. The van der Waals surface area contributed by atoms with E-state index in [0.717, 1.165) is 16.9 Å². The van der Waals surface area contributed by atoms with Gasteiger partial charge in [-0.05, 0) is 35.6 Å². The Hall–Kier alpha value is -1.15. The maximum Gasteiger partial charge on any atom is 0.138 e. The van der Waals surface area contributed by atoms with Gasteiger partial charge in [-0.3, -0.25) is 9.25 Å². The number of imidazole rings is 1. The fraction of sp³-hybridized carbons (Fsp3) is 0.231. The first-order chi connectivity index (χ1) is 9.51. The summed E-state index contributed by atoms with van der Waals surface area (Å²) in [7, 11) is 1.85. The number of halogens is 3. The van der Waals surface area contributed by atoms with E-state index in [0.29, 0.717) is 14.9 Å². The normalized spacial score (nSPS) is 11.4. The standard InChI is InChI=1S/C13H11ClFIN4/c1-7-12(6-19(2)18-7)20-11-3-8(15)9(16)4-10(11)17-13(20)5-14/h3-4,6H,5H2,1-2H3. The molecule has 0 saturated heterocycles. The van der Waals surface area contributed by atoms with Gasteiger partial charge in [0.15, 0.2) is 0 Å². The van der Waals surface area contributed by atoms with Crippen molar-refractivity contribution in [1.29, 1.82) is 0 Å². The summed E-state index contributed by atoms with van der Waals surface area (Å²) in [4.78, 5) is 4.48. The molecule has 4 nitrogen and oxygen atoms in total. The van der Waals surface area contributed by atoms with Gasteiger partial charge in [0.2, 0.25) is 0 Å². The van der Waals surface area contributed by atoms with Gasteiger partial charge in [0, 0.05) is 19.3 Å². The molecule has 7 heteroatoms. The molecule has 1 aromatic carbocycles. The van der Waals surface area contributed by atoms with Gasteiger partial charge in [-0.2, -0.15) is 5.10 Å². The van der Waals surface area contributed by atoms with E-state index >= 15 is 0 Å². The fourth-order valence-corrected chi connectivity index (χ4v) is 2.92. The van der Waals surface area contributed by atoms with Crippen LogP contribution < -0.4 is 0 Å². The van der Waals surface area contributed by atoms with Crippen molar-refractivity contribution in [3.8, 4) is 5.69 Å². The van der Waals surface area contributed by atoms with Crippen LogP contribution in [-0.2, 0) is 12.9 Å². The maximum absolute atomic E-state index is 13.9. The molecule has 0 bridgehead atoms. The highest BCUT2D eigenvalue weighted by molar-refractivity contribution is 14.1. The lowest BCUT2D eigenvalue weighted by molar-refractivity contribution is 0.621. The molecule has 20 heavy (non-hydrogen) atoms. The third-order valence-corrected chi connectivity index (χ3v) is 4.18. The number of hydrogen-bond acceptors (Lipinski definition) is 2. The SMILES string of the molecule is Cc1nn(C)cc1-n1c(CCl)nc2cc(I)c(F)cc21. The average molecular weight is 405 g/mol. The summed E-state index contributed by atoms with van der Waals surface area (Å²) >= 11 is 7.94. The van der Waals surface area contributed by atoms with Gasteiger partial charge in [-0.1, -0.05) is 0 Å². The summed E-state index contributed by atoms with van der Waals surface area (Å²) in [5.41, 5.74) is 3.15. The second kappa shape index (κ2) is 5.00. The predicted molar refractivity (Wildman–Crippen MR) is 84.8 cm³/mol. The van der Waals surface area contributed by atoms with Crippen molar-refractivity contribution in [1.82, 2.24) is 19.3 Å². The number of hydrogen-bond donors (Lipinski definition) is 0. The molecule has 0 unspecified atom stereocenters. The predicted octanol–water partition coefficient (Wildman–Crippen LogP) is 3.55. The molecular formula is C13H11ClFIN4. The molecule has 0 radical (unpaired) electrons. The fourth-order valence-electron chi connectivity index (χ4n) is 2.29. The van der Waals surface area contributed by atoms with Crippen molar-refractivity contribution in [2.45, 2.75) is 12.8 Å². The largest absolute Gasteiger partial charge is 0.292 e. The van der Waals surface area contributed by atoms with E-state index in [1.807, 2.05) is 47.3 Å². The molecule has 0 aliphatic heterocycles. The third-order valence-electron chi connectivity index (χ3n) is 3.11. The zero-order valence-corrected chi connectivity index (χ0v) is 13.8. The minimum atomic E-state index is -0.262. The van der Waals surface area contributed by atoms with Crippen LogP contribution >= 0.6 is 34.2 Å². The molecule has 0 amide bonds. The summed E-state index contributed by atoms with van der Waals surface area (Å²) in [5, 5.41) is 4.32. The number of fused-ring (bicyclic) bond motifs is 1. The van der Waals surface area contributed by atoms with Crippen molar-refractivity contribution >= 4 is 45.2 Å². The van der Waals surface area contributed by atoms with Gasteiger partial charge in [-0.25, -0.2) is 9.37 Å². The van der Waals surface area contributed by atoms with E-state index in [4.69, 9.17) is 11.6 Å². The molecular weight excluding hydrogens is 394 g/mol. The zero-order valence-electron chi connectivity index (χ0n) is 10.9. The quantitative estimate of drug-likeness (QED) is 0.484. The van der Waals surface area contributed by atoms with Crippen LogP contribution in [0.2, 0.25) is 0 Å². The number of aromatic nitrogens is 4. The molecule has 3 rings (SSSR count). The van der Waals surface area contributed by atoms with Crippen LogP contribution in [0.25, 0.3) is 16.7 Å². The highest BCUT2D eigenvalue weighted by Crippen LogP contribution is 2.27. The van der Waals surface area contributed by atoms with Crippen molar-refractivity contribution in [2.75, 3.05) is 0 Å². The van der Waals surface area contributed by atoms with E-state index in [2.05, 4.69) is 10.1 Å². The van der Waals surface area contributed by atoms with Crippen LogP contribution in [0, 0.1) is 16.3 Å². The van der Waals surface area contributed by atoms with E-state index in [1.165, 1.54) is 6.07 Å². The number of nitrogens with zero attached hydrogens (tertiary/aromatic N) is 4. The first-order valence-electron chi connectivity index (χ1n) is 5.94. The number of aryl methyl sites for hydroxylation is 2. The lowest BCUT2D eigenvalue weighted by Gasteiger charge is -2.06. The Morgan fingerprint density at radius 1 is 1.40 bits per heavy atom. The molecule has 2 aromatic heterocycles. The molecule has 3 aromatic rings. The molecule has 104 valence electrons. The van der Waals surface area contributed by atoms with Gasteiger partial charge in [0.1, 0.15) is 11.6 Å². The monoisotopic (exact) mass is 404 g/mol. The minimum Gasteiger partial charge on any atom is -0.292 e. The van der Waals surface area contributed by atoms with Gasteiger partial charge in [0.25, 0.3) is 0 Å². The lowest BCUT2D eigenvalue weighted by Crippen LogP contribution is -2.00. The molecule has 0 spiro atoms. The van der Waals surface area contributed by atoms with Gasteiger partial charge in [0.05, 0.1) is 31.9 Å². The van der Waals surface area contributed by atoms with Crippen molar-refractivity contribution in [3.63, 3.8) is 0 Å². The Morgan fingerprint density at radius 2 is 2.15 bits per heavy atom. The van der Waals surface area contributed by atoms with Crippen molar-refractivity contribution < 1.29 is 4.39 Å². The van der Waals surface area contributed by atoms with Crippen molar-refractivity contribution in [2.24, 2.45) is 7.05 Å². The third kappa shape index (κ3) is 2.10. The van der Waals surface area contributed by atoms with Gasteiger partial charge in [-0.15, -0.1) is 11.6 Å². The number of benzene rings is 1. The molecule has 2 heterocycles. The lowest BCUT2D eigenvalue weighted by atomic mass is 10.3. The highest BCUT2D eigenvalue weighted by Gasteiger charge is 2.17. The van der Waals surface area contributed by atoms with E-state index in [-0.39, 0.29) is 11.7 Å². The average Bonchev–Trinajstić information content (AvgIpc) is 2.89. The second-order valence-electron chi connectivity index (χ2n) is 4.53. The van der Waals surface area contributed by atoms with Gasteiger partial charge >= 0.3 is 0 Å². The Kier molecular flexibility index (Phi) is 3.45. The van der Waals surface area contributed by atoms with E-state index in [1.54, 1.807) is 10.7 Å². The Labute approximate surface area is 133 Å². The van der Waals surface area contributed by atoms with Crippen LogP contribution in [0.3, 0.4) is 0 Å². The topological polar surface area (TPSA) is 35.6 Å². The second-order valence-corrected chi connectivity index (χ2v) is 5.95. The summed E-state index contributed by atoms with van der Waals surface area (Å²) < 4.78 is 18.0. The molecule has 0 atom stereocenters. The van der Waals surface area contributed by atoms with Crippen LogP contribution in [0.15, 0.2) is 18.3 Å². The van der Waals surface area contributed by atoms with Gasteiger partial charge < -0.3 is 0 Å². The zero-order chi connectivity index (χ0) is 14.4. The van der Waals surface area contributed by atoms with E-state index in [9.17, 15) is 4.39 Å². The van der Waals surface area contributed by atoms with E-state index < -0.39 is 0 Å². The Bertz CT molecular complexity index is 808. The Balaban J connectivity index is 2.38. The summed E-state index contributed by atoms with van der Waals surface area (Å²) in [6.45, 7) is 1.90. The van der Waals surface area contributed by atoms with Crippen LogP contribution in [-0.4, -0.2) is 19.3 Å². The smallest absolute Gasteiger partial charge is 0.138 e. The van der Waals surface area contributed by atoms with Crippen LogP contribution in [0.5, 0.6) is 0 Å². The Morgan fingerprint density at radius 3 is 2.75 bits per heavy atom. The number of rotatable bonds is 2. The summed E-state index contributed by atoms with van der Waals surface area (Å²) in [5.74, 6) is 0.669. The number of alkyl halides is 1. The summed E-state index contributed by atoms with van der Waals surface area (Å²) in [6, 6.07) is 3.22. The molecule has 0 aliphatic carbocycles. The molecule has 0 N–H and O–H groups in total. The van der Waals surface area contributed by atoms with Crippen LogP contribution in [0.1, 0.15) is 11.5 Å². The van der Waals surface area contributed by atoms with Crippen molar-refractivity contribution in [3.05, 3.63) is 39.2 Å². The molecule has 0 saturated carbocycles. The summed E-state index contributed by atoms with van der Waals surface area (Å²) in [6.07, 6.45) is 1.88. The first-order valence-corrected chi connectivity index (χ1v) is 7.55. The highest BCUT2D eigenvalue weighted by atomic mass is 127.